The van der Waals surface area contributed by atoms with Gasteiger partial charge in [0, 0.05) is 38.6 Å². The van der Waals surface area contributed by atoms with Crippen molar-refractivity contribution in [2.75, 3.05) is 31.1 Å². The minimum absolute atomic E-state index is 1.01. The third-order valence-corrected chi connectivity index (χ3v) is 4.58. The fraction of sp³-hybridized carbons (Fsp3) is 0.267. The molecule has 0 amide bonds. The van der Waals surface area contributed by atoms with Crippen molar-refractivity contribution in [1.82, 2.24) is 14.7 Å². The van der Waals surface area contributed by atoms with E-state index in [9.17, 15) is 0 Å². The normalized spacial score (nSPS) is 15.9. The second-order valence-electron chi connectivity index (χ2n) is 4.99. The molecule has 1 aliphatic heterocycles. The summed E-state index contributed by atoms with van der Waals surface area (Å²) in [7, 11) is 0. The summed E-state index contributed by atoms with van der Waals surface area (Å²) in [6, 6.07) is 8.46. The number of pyridine rings is 1. The quantitative estimate of drug-likeness (QED) is 0.784. The fourth-order valence-corrected chi connectivity index (χ4v) is 3.31. The number of anilines is 1. The highest BCUT2D eigenvalue weighted by Gasteiger charge is 2.12. The molecule has 4 nitrogen and oxygen atoms in total. The molecule has 4 rings (SSSR count). The maximum Gasteiger partial charge on any atom is 0.137 e. The van der Waals surface area contributed by atoms with E-state index in [1.807, 2.05) is 0 Å². The van der Waals surface area contributed by atoms with E-state index in [-0.39, 0.29) is 0 Å². The van der Waals surface area contributed by atoms with E-state index >= 15 is 0 Å². The molecule has 0 atom stereocenters. The minimum atomic E-state index is 1.01. The highest BCUT2D eigenvalue weighted by atomic mass is 32.1. The fourth-order valence-electron chi connectivity index (χ4n) is 2.63. The SMILES string of the molecule is c1csc(-c2cn3cc(N4CCNCC4)ccc3n2)c1. The lowest BCUT2D eigenvalue weighted by atomic mass is 10.3. The van der Waals surface area contributed by atoms with Crippen molar-refractivity contribution < 1.29 is 0 Å². The first-order valence-corrected chi connectivity index (χ1v) is 7.76. The van der Waals surface area contributed by atoms with Gasteiger partial charge in [-0.15, -0.1) is 11.3 Å². The van der Waals surface area contributed by atoms with Gasteiger partial charge in [0.05, 0.1) is 16.3 Å². The van der Waals surface area contributed by atoms with Crippen molar-refractivity contribution >= 4 is 22.7 Å². The van der Waals surface area contributed by atoms with Gasteiger partial charge in [-0.3, -0.25) is 0 Å². The highest BCUT2D eigenvalue weighted by Crippen LogP contribution is 2.25. The molecular weight excluding hydrogens is 268 g/mol. The van der Waals surface area contributed by atoms with E-state index < -0.39 is 0 Å². The van der Waals surface area contributed by atoms with Gasteiger partial charge in [0.25, 0.3) is 0 Å². The molecule has 0 saturated carbocycles. The molecule has 1 fully saturated rings. The van der Waals surface area contributed by atoms with Crippen molar-refractivity contribution in [2.45, 2.75) is 0 Å². The standard InChI is InChI=1S/C15H16N4S/c1-2-14(20-9-1)13-11-19-10-12(3-4-15(19)17-13)18-7-5-16-6-8-18/h1-4,9-11,16H,5-8H2. The van der Waals surface area contributed by atoms with Gasteiger partial charge in [0.15, 0.2) is 0 Å². The highest BCUT2D eigenvalue weighted by molar-refractivity contribution is 7.13. The van der Waals surface area contributed by atoms with Crippen LogP contribution >= 0.6 is 11.3 Å². The zero-order valence-corrected chi connectivity index (χ0v) is 11.9. The molecule has 1 N–H and O–H groups in total. The van der Waals surface area contributed by atoms with Crippen molar-refractivity contribution in [2.24, 2.45) is 0 Å². The van der Waals surface area contributed by atoms with E-state index in [2.05, 4.69) is 61.6 Å². The van der Waals surface area contributed by atoms with Crippen LogP contribution in [-0.2, 0) is 0 Å². The van der Waals surface area contributed by atoms with Gasteiger partial charge in [0.2, 0.25) is 0 Å². The first-order chi connectivity index (χ1) is 9.90. The van der Waals surface area contributed by atoms with E-state index in [1.165, 1.54) is 10.6 Å². The first-order valence-electron chi connectivity index (χ1n) is 6.88. The van der Waals surface area contributed by atoms with Crippen LogP contribution in [0.25, 0.3) is 16.2 Å². The van der Waals surface area contributed by atoms with Crippen LogP contribution in [0.2, 0.25) is 0 Å². The number of hydrogen-bond donors (Lipinski definition) is 1. The Morgan fingerprint density at radius 2 is 2.00 bits per heavy atom. The first kappa shape index (κ1) is 11.9. The number of imidazole rings is 1. The topological polar surface area (TPSA) is 32.6 Å². The zero-order chi connectivity index (χ0) is 13.4. The van der Waals surface area contributed by atoms with E-state index in [0.717, 1.165) is 37.5 Å². The number of fused-ring (bicyclic) bond motifs is 1. The molecular formula is C15H16N4S. The van der Waals surface area contributed by atoms with Crippen LogP contribution in [-0.4, -0.2) is 35.6 Å². The van der Waals surface area contributed by atoms with Crippen LogP contribution in [0.15, 0.2) is 42.0 Å². The number of rotatable bonds is 2. The maximum absolute atomic E-state index is 4.68. The molecule has 0 aromatic carbocycles. The van der Waals surface area contributed by atoms with E-state index in [1.54, 1.807) is 11.3 Å². The van der Waals surface area contributed by atoms with Gasteiger partial charge in [-0.05, 0) is 23.6 Å². The second-order valence-corrected chi connectivity index (χ2v) is 5.94. The van der Waals surface area contributed by atoms with Crippen LogP contribution < -0.4 is 10.2 Å². The summed E-state index contributed by atoms with van der Waals surface area (Å²) in [5.74, 6) is 0. The molecule has 0 spiro atoms. The summed E-state index contributed by atoms with van der Waals surface area (Å²) in [4.78, 5) is 8.32. The van der Waals surface area contributed by atoms with Gasteiger partial charge in [0.1, 0.15) is 5.65 Å². The Bertz CT molecular complexity index is 711. The Hall–Kier alpha value is -1.85. The molecule has 20 heavy (non-hydrogen) atoms. The van der Waals surface area contributed by atoms with Crippen molar-refractivity contribution in [1.29, 1.82) is 0 Å². The molecule has 1 saturated heterocycles. The van der Waals surface area contributed by atoms with E-state index in [0.29, 0.717) is 0 Å². The van der Waals surface area contributed by atoms with Gasteiger partial charge in [-0.25, -0.2) is 4.98 Å². The average Bonchev–Trinajstić information content (AvgIpc) is 3.16. The number of piperazine rings is 1. The minimum Gasteiger partial charge on any atom is -0.368 e. The molecule has 102 valence electrons. The van der Waals surface area contributed by atoms with Crippen molar-refractivity contribution in [3.05, 3.63) is 42.0 Å². The zero-order valence-electron chi connectivity index (χ0n) is 11.1. The van der Waals surface area contributed by atoms with Crippen LogP contribution in [0.4, 0.5) is 5.69 Å². The molecule has 0 radical (unpaired) electrons. The molecule has 0 bridgehead atoms. The number of aromatic nitrogens is 2. The second kappa shape index (κ2) is 4.92. The largest absolute Gasteiger partial charge is 0.368 e. The number of thiophene rings is 1. The lowest BCUT2D eigenvalue weighted by molar-refractivity contribution is 0.588. The molecule has 3 aromatic heterocycles. The summed E-state index contributed by atoms with van der Waals surface area (Å²) < 4.78 is 2.13. The average molecular weight is 284 g/mol. The van der Waals surface area contributed by atoms with Crippen molar-refractivity contribution in [3.8, 4) is 10.6 Å². The predicted molar refractivity (Wildman–Crippen MR) is 83.6 cm³/mol. The summed E-state index contributed by atoms with van der Waals surface area (Å²) in [6.07, 6.45) is 4.30. The van der Waals surface area contributed by atoms with Crippen molar-refractivity contribution in [3.63, 3.8) is 0 Å². The Labute approximate surface area is 121 Å². The maximum atomic E-state index is 4.68. The summed E-state index contributed by atoms with van der Waals surface area (Å²) in [6.45, 7) is 4.25. The summed E-state index contributed by atoms with van der Waals surface area (Å²) in [5, 5.41) is 5.47. The van der Waals surface area contributed by atoms with Gasteiger partial charge in [-0.1, -0.05) is 6.07 Å². The third kappa shape index (κ3) is 2.09. The Kier molecular flexibility index (Phi) is 2.94. The monoisotopic (exact) mass is 284 g/mol. The van der Waals surface area contributed by atoms with E-state index in [4.69, 9.17) is 0 Å². The number of nitrogens with one attached hydrogen (secondary N) is 1. The van der Waals surface area contributed by atoms with Gasteiger partial charge >= 0.3 is 0 Å². The van der Waals surface area contributed by atoms with Gasteiger partial charge in [-0.2, -0.15) is 0 Å². The summed E-state index contributed by atoms with van der Waals surface area (Å²) in [5.41, 5.74) is 3.33. The third-order valence-electron chi connectivity index (χ3n) is 3.69. The van der Waals surface area contributed by atoms with Gasteiger partial charge < -0.3 is 14.6 Å². The lowest BCUT2D eigenvalue weighted by Gasteiger charge is -2.29. The van der Waals surface area contributed by atoms with Crippen LogP contribution in [0, 0.1) is 0 Å². The lowest BCUT2D eigenvalue weighted by Crippen LogP contribution is -2.43. The Morgan fingerprint density at radius 3 is 2.80 bits per heavy atom. The van der Waals surface area contributed by atoms with Crippen LogP contribution in [0.1, 0.15) is 0 Å². The number of hydrogen-bond acceptors (Lipinski definition) is 4. The Morgan fingerprint density at radius 1 is 1.10 bits per heavy atom. The molecule has 4 heterocycles. The molecule has 0 unspecified atom stereocenters. The molecule has 0 aliphatic carbocycles. The summed E-state index contributed by atoms with van der Waals surface area (Å²) >= 11 is 1.73. The Balaban J connectivity index is 1.72. The predicted octanol–water partition coefficient (Wildman–Crippen LogP) is 2.47. The number of nitrogens with zero attached hydrogens (tertiary/aromatic N) is 3. The molecule has 3 aromatic rings. The molecule has 5 heteroatoms. The molecule has 1 aliphatic rings. The van der Waals surface area contributed by atoms with Crippen LogP contribution in [0.5, 0.6) is 0 Å². The smallest absolute Gasteiger partial charge is 0.137 e. The van der Waals surface area contributed by atoms with Crippen LogP contribution in [0.3, 0.4) is 0 Å².